The molecule has 0 aliphatic rings. The van der Waals surface area contributed by atoms with Crippen molar-refractivity contribution in [3.63, 3.8) is 0 Å². The number of hydrogen-bond acceptors (Lipinski definition) is 8. The summed E-state index contributed by atoms with van der Waals surface area (Å²) in [7, 11) is 0. The molecule has 9 nitrogen and oxygen atoms in total. The summed E-state index contributed by atoms with van der Waals surface area (Å²) in [5.41, 5.74) is 2.46. The molecule has 2 aromatic heterocycles. The third kappa shape index (κ3) is 4.95. The highest BCUT2D eigenvalue weighted by molar-refractivity contribution is 5.63. The number of hydrogen-bond donors (Lipinski definition) is 3. The van der Waals surface area contributed by atoms with Crippen molar-refractivity contribution in [1.29, 1.82) is 0 Å². The van der Waals surface area contributed by atoms with Crippen molar-refractivity contribution in [2.75, 3.05) is 23.8 Å². The molecule has 27 heavy (non-hydrogen) atoms. The summed E-state index contributed by atoms with van der Waals surface area (Å²) in [6.07, 6.45) is 3.39. The fourth-order valence-corrected chi connectivity index (χ4v) is 2.37. The molecule has 0 bridgehead atoms. The molecule has 0 radical (unpaired) electrons. The predicted octanol–water partition coefficient (Wildman–Crippen LogP) is 2.46. The second-order valence-corrected chi connectivity index (χ2v) is 5.63. The van der Waals surface area contributed by atoms with Crippen molar-refractivity contribution in [3.05, 3.63) is 70.5 Å². The van der Waals surface area contributed by atoms with Crippen molar-refractivity contribution in [1.82, 2.24) is 15.0 Å². The van der Waals surface area contributed by atoms with Gasteiger partial charge in [0.2, 0.25) is 5.95 Å². The molecule has 3 rings (SSSR count). The molecule has 1 aromatic carbocycles. The summed E-state index contributed by atoms with van der Waals surface area (Å²) in [6.45, 7) is 0.741. The lowest BCUT2D eigenvalue weighted by atomic mass is 10.2. The number of aliphatic hydroxyl groups excluding tert-OH is 1. The van der Waals surface area contributed by atoms with Crippen molar-refractivity contribution >= 4 is 17.5 Å². The Labute approximate surface area is 155 Å². The van der Waals surface area contributed by atoms with Crippen LogP contribution >= 0.6 is 0 Å². The lowest BCUT2D eigenvalue weighted by Crippen LogP contribution is -2.11. The van der Waals surface area contributed by atoms with E-state index in [1.165, 1.54) is 12.1 Å². The molecule has 2 heterocycles. The number of nitrogens with one attached hydrogen (secondary N) is 2. The van der Waals surface area contributed by atoms with Crippen molar-refractivity contribution in [3.8, 4) is 11.3 Å². The zero-order valence-electron chi connectivity index (χ0n) is 14.4. The number of nitrogens with zero attached hydrogens (tertiary/aromatic N) is 4. The van der Waals surface area contributed by atoms with Gasteiger partial charge in [-0.15, -0.1) is 0 Å². The van der Waals surface area contributed by atoms with Gasteiger partial charge in [-0.2, -0.15) is 4.98 Å². The molecule has 0 amide bonds. The Hall–Kier alpha value is -3.59. The summed E-state index contributed by atoms with van der Waals surface area (Å²) in [6, 6.07) is 11.8. The molecule has 9 heteroatoms. The van der Waals surface area contributed by atoms with E-state index >= 15 is 0 Å². The largest absolute Gasteiger partial charge is 0.395 e. The highest BCUT2D eigenvalue weighted by Gasteiger charge is 2.08. The van der Waals surface area contributed by atoms with Gasteiger partial charge in [0.1, 0.15) is 5.82 Å². The Bertz CT molecular complexity index is 903. The second kappa shape index (κ2) is 8.68. The topological polar surface area (TPSA) is 126 Å². The standard InChI is InChI=1S/C18H18N6O3/c25-9-8-20-18-22-16(14-2-1-7-19-12-14)10-17(23-18)21-11-13-3-5-15(6-4-13)24(26)27/h1-7,10,12,25H,8-9,11H2,(H2,20,21,22,23). The minimum absolute atomic E-state index is 0.0357. The molecular weight excluding hydrogens is 348 g/mol. The maximum Gasteiger partial charge on any atom is 0.269 e. The maximum atomic E-state index is 10.7. The summed E-state index contributed by atoms with van der Waals surface area (Å²) in [5.74, 6) is 0.972. The number of aromatic nitrogens is 3. The summed E-state index contributed by atoms with van der Waals surface area (Å²) < 4.78 is 0. The summed E-state index contributed by atoms with van der Waals surface area (Å²) >= 11 is 0. The number of nitro groups is 1. The quantitative estimate of drug-likeness (QED) is 0.410. The van der Waals surface area contributed by atoms with E-state index in [1.54, 1.807) is 30.6 Å². The first-order chi connectivity index (χ1) is 13.2. The third-order valence-electron chi connectivity index (χ3n) is 3.70. The molecule has 0 aliphatic carbocycles. The Morgan fingerprint density at radius 3 is 2.59 bits per heavy atom. The number of non-ortho nitro benzene ring substituents is 1. The zero-order valence-corrected chi connectivity index (χ0v) is 14.4. The van der Waals surface area contributed by atoms with Gasteiger partial charge >= 0.3 is 0 Å². The van der Waals surface area contributed by atoms with E-state index in [1.807, 2.05) is 12.1 Å². The van der Waals surface area contributed by atoms with Crippen LogP contribution in [0.5, 0.6) is 0 Å². The number of nitro benzene ring substituents is 1. The van der Waals surface area contributed by atoms with E-state index in [0.717, 1.165) is 11.1 Å². The van der Waals surface area contributed by atoms with E-state index in [9.17, 15) is 10.1 Å². The minimum atomic E-state index is -0.430. The molecule has 0 saturated carbocycles. The van der Waals surface area contributed by atoms with Gasteiger partial charge < -0.3 is 15.7 Å². The van der Waals surface area contributed by atoms with Gasteiger partial charge in [-0.05, 0) is 17.7 Å². The number of pyridine rings is 1. The average Bonchev–Trinajstić information content (AvgIpc) is 2.71. The predicted molar refractivity (Wildman–Crippen MR) is 101 cm³/mol. The second-order valence-electron chi connectivity index (χ2n) is 5.63. The van der Waals surface area contributed by atoms with E-state index < -0.39 is 4.92 Å². The first kappa shape index (κ1) is 18.2. The van der Waals surface area contributed by atoms with Gasteiger partial charge in [0.05, 0.1) is 17.2 Å². The lowest BCUT2D eigenvalue weighted by Gasteiger charge is -2.11. The van der Waals surface area contributed by atoms with Gasteiger partial charge in [-0.1, -0.05) is 12.1 Å². The summed E-state index contributed by atoms with van der Waals surface area (Å²) in [5, 5.41) is 25.9. The third-order valence-corrected chi connectivity index (χ3v) is 3.70. The lowest BCUT2D eigenvalue weighted by molar-refractivity contribution is -0.384. The Morgan fingerprint density at radius 1 is 1.11 bits per heavy atom. The number of benzene rings is 1. The smallest absolute Gasteiger partial charge is 0.269 e. The van der Waals surface area contributed by atoms with Crippen LogP contribution in [0.2, 0.25) is 0 Å². The molecule has 0 saturated heterocycles. The van der Waals surface area contributed by atoms with Crippen LogP contribution in [0, 0.1) is 10.1 Å². The van der Waals surface area contributed by atoms with E-state index in [2.05, 4.69) is 25.6 Å². The van der Waals surface area contributed by atoms with Crippen molar-refractivity contribution in [2.24, 2.45) is 0 Å². The summed E-state index contributed by atoms with van der Waals surface area (Å²) in [4.78, 5) is 23.2. The van der Waals surface area contributed by atoms with Gasteiger partial charge in [0.15, 0.2) is 0 Å². The molecule has 0 fully saturated rings. The van der Waals surface area contributed by atoms with E-state index in [0.29, 0.717) is 30.5 Å². The first-order valence-corrected chi connectivity index (χ1v) is 8.27. The van der Waals surface area contributed by atoms with Crippen LogP contribution in [0.4, 0.5) is 17.5 Å². The Morgan fingerprint density at radius 2 is 1.93 bits per heavy atom. The number of aliphatic hydroxyl groups is 1. The molecule has 3 aromatic rings. The monoisotopic (exact) mass is 366 g/mol. The number of rotatable bonds is 8. The molecule has 138 valence electrons. The molecule has 0 atom stereocenters. The van der Waals surface area contributed by atoms with E-state index in [-0.39, 0.29) is 12.3 Å². The van der Waals surface area contributed by atoms with E-state index in [4.69, 9.17) is 5.11 Å². The van der Waals surface area contributed by atoms with Gasteiger partial charge in [0.25, 0.3) is 5.69 Å². The molecule has 0 spiro atoms. The van der Waals surface area contributed by atoms with Crippen LogP contribution < -0.4 is 10.6 Å². The van der Waals surface area contributed by atoms with Crippen LogP contribution in [0.1, 0.15) is 5.56 Å². The van der Waals surface area contributed by atoms with Crippen LogP contribution in [0.15, 0.2) is 54.9 Å². The van der Waals surface area contributed by atoms with Crippen molar-refractivity contribution in [2.45, 2.75) is 6.54 Å². The van der Waals surface area contributed by atoms with Crippen LogP contribution in [-0.4, -0.2) is 38.1 Å². The molecule has 0 unspecified atom stereocenters. The van der Waals surface area contributed by atoms with Crippen LogP contribution in [-0.2, 0) is 6.54 Å². The minimum Gasteiger partial charge on any atom is -0.395 e. The highest BCUT2D eigenvalue weighted by Crippen LogP contribution is 2.21. The van der Waals surface area contributed by atoms with Gasteiger partial charge in [-0.25, -0.2) is 4.98 Å². The fraction of sp³-hybridized carbons (Fsp3) is 0.167. The SMILES string of the molecule is O=[N+]([O-])c1ccc(CNc2cc(-c3cccnc3)nc(NCCO)n2)cc1. The average molecular weight is 366 g/mol. The molecule has 3 N–H and O–H groups in total. The Kier molecular flexibility index (Phi) is 5.85. The molecular formula is C18H18N6O3. The van der Waals surface area contributed by atoms with Crippen molar-refractivity contribution < 1.29 is 10.0 Å². The molecule has 0 aliphatic heterocycles. The number of anilines is 2. The first-order valence-electron chi connectivity index (χ1n) is 8.27. The van der Waals surface area contributed by atoms with Gasteiger partial charge in [-0.3, -0.25) is 15.1 Å². The van der Waals surface area contributed by atoms with Crippen LogP contribution in [0.3, 0.4) is 0 Å². The fourth-order valence-electron chi connectivity index (χ4n) is 2.37. The van der Waals surface area contributed by atoms with Crippen LogP contribution in [0.25, 0.3) is 11.3 Å². The Balaban J connectivity index is 1.79. The highest BCUT2D eigenvalue weighted by atomic mass is 16.6. The zero-order chi connectivity index (χ0) is 19.1. The van der Waals surface area contributed by atoms with Gasteiger partial charge in [0, 0.05) is 49.2 Å². The normalized spacial score (nSPS) is 10.4. The maximum absolute atomic E-state index is 10.7.